The molecule has 0 aliphatic carbocycles. The Morgan fingerprint density at radius 2 is 0.733 bits per heavy atom. The second-order valence-corrected chi connectivity index (χ2v) is 26.5. The lowest BCUT2D eigenvalue weighted by atomic mass is 9.79. The average Bonchev–Trinajstić information content (AvgIpc) is 1.66. The first-order chi connectivity index (χ1) is 41.2. The van der Waals surface area contributed by atoms with Crippen molar-refractivity contribution in [2.75, 3.05) is 75.0 Å². The maximum Gasteiger partial charge on any atom is 0.210 e. The molecule has 0 radical (unpaired) electrons. The average molecular weight is 1130 g/mol. The minimum absolute atomic E-state index is 0.0990. The van der Waals surface area contributed by atoms with Crippen LogP contribution in [0.3, 0.4) is 0 Å². The quantitative estimate of drug-likeness (QED) is 0.0578. The summed E-state index contributed by atoms with van der Waals surface area (Å²) < 4.78 is 4.77. The van der Waals surface area contributed by atoms with Crippen molar-refractivity contribution in [2.45, 2.75) is 89.9 Å². The number of hydrogen-bond donors (Lipinski definition) is 0. The molecule has 0 fully saturated rings. The maximum absolute atomic E-state index is 2.44. The molecule has 8 aromatic carbocycles. The first-order valence-electron chi connectivity index (χ1n) is 31.0. The van der Waals surface area contributed by atoms with Crippen LogP contribution in [-0.4, -0.2) is 75.9 Å². The highest BCUT2D eigenvalue weighted by Crippen LogP contribution is 2.52. The molecule has 0 N–H and O–H groups in total. The SMILES string of the molecule is CN(CCCCN(C)c1ccc2ccc3c(c2c1)C(C)(C)C(C=CC=CC=CC=C1N(C)c2ccc4ccccc4c2C1(C)C)=[N+]3C)c1ccc2ccc3c(c2c1)C(C)(C)C(C=CC=CC=CC=C1N(C)c2ccc4ccccc4c2C1(C)C)=[N+]3C. The summed E-state index contributed by atoms with van der Waals surface area (Å²) in [7, 11) is 13.3. The third-order valence-corrected chi connectivity index (χ3v) is 19.8. The van der Waals surface area contributed by atoms with Crippen LogP contribution in [0.2, 0.25) is 0 Å². The van der Waals surface area contributed by atoms with Crippen LogP contribution >= 0.6 is 0 Å². The molecule has 0 amide bonds. The zero-order chi connectivity index (χ0) is 60.5. The summed E-state index contributed by atoms with van der Waals surface area (Å²) in [6, 6.07) is 49.8. The molecule has 0 unspecified atom stereocenters. The lowest BCUT2D eigenvalue weighted by Crippen LogP contribution is -2.27. The van der Waals surface area contributed by atoms with Crippen LogP contribution in [0.4, 0.5) is 34.1 Å². The molecule has 8 aromatic rings. The number of likely N-dealkylation sites (N-methyl/N-ethyl adjacent to an activating group) is 2. The molecule has 0 atom stereocenters. The third-order valence-electron chi connectivity index (χ3n) is 19.8. The number of fused-ring (bicyclic) bond motifs is 12. The van der Waals surface area contributed by atoms with Crippen molar-refractivity contribution in [3.63, 3.8) is 0 Å². The van der Waals surface area contributed by atoms with E-state index >= 15 is 0 Å². The standard InChI is InChI=1S/C80H86N6/c1-77(2)69(83(11)65-47-41-55-31-25-27-33-61(55)73(65)77)35-21-17-15-19-23-37-71-79(5,6)75-63-53-59(45-39-57(63)43-49-67(75)85(71)13)81(9)51-29-30-52-82(10)60-46-40-58-44-50-68-76(64(58)54-60)80(7,8)72(86(68)14)38-24-20-16-18-22-36-70-78(3,4)74-62-34-28-26-32-56(62)42-48-66(74)84(70)12/h15-28,31-50,53-54H,29-30,51-52H2,1-14H3/q+2. The van der Waals surface area contributed by atoms with E-state index in [9.17, 15) is 0 Å². The zero-order valence-corrected chi connectivity index (χ0v) is 53.3. The molecule has 0 spiro atoms. The van der Waals surface area contributed by atoms with Crippen molar-refractivity contribution in [1.82, 2.24) is 0 Å². The van der Waals surface area contributed by atoms with E-state index in [0.717, 1.165) is 25.9 Å². The van der Waals surface area contributed by atoms with E-state index in [1.54, 1.807) is 0 Å². The second kappa shape index (κ2) is 22.3. The predicted molar refractivity (Wildman–Crippen MR) is 373 cm³/mol. The second-order valence-electron chi connectivity index (χ2n) is 26.5. The van der Waals surface area contributed by atoms with Gasteiger partial charge in [-0.05, 0) is 155 Å². The van der Waals surface area contributed by atoms with Gasteiger partial charge < -0.3 is 19.6 Å². The van der Waals surface area contributed by atoms with Crippen LogP contribution in [0, 0.1) is 0 Å². The molecule has 6 heteroatoms. The number of nitrogens with zero attached hydrogens (tertiary/aromatic N) is 6. The van der Waals surface area contributed by atoms with Crippen LogP contribution in [0.15, 0.2) is 230 Å². The van der Waals surface area contributed by atoms with Gasteiger partial charge in [-0.15, -0.1) is 0 Å². The number of anilines is 4. The van der Waals surface area contributed by atoms with Gasteiger partial charge in [0.15, 0.2) is 11.4 Å². The van der Waals surface area contributed by atoms with E-state index in [1.165, 1.54) is 122 Å². The fraction of sp³-hybridized carbons (Fsp3) is 0.275. The fourth-order valence-corrected chi connectivity index (χ4v) is 15.2. The summed E-state index contributed by atoms with van der Waals surface area (Å²) >= 11 is 0. The van der Waals surface area contributed by atoms with Crippen LogP contribution in [0.25, 0.3) is 43.1 Å². The number of rotatable bonds is 15. The van der Waals surface area contributed by atoms with E-state index in [0.29, 0.717) is 0 Å². The number of unbranched alkanes of at least 4 members (excludes halogenated alkanes) is 1. The lowest BCUT2D eigenvalue weighted by Gasteiger charge is -2.24. The number of allylic oxidation sites excluding steroid dienone is 16. The summed E-state index contributed by atoms with van der Waals surface area (Å²) in [6.07, 6.45) is 32.9. The molecule has 12 rings (SSSR count). The topological polar surface area (TPSA) is 19.0 Å². The Balaban J connectivity index is 0.657. The van der Waals surface area contributed by atoms with Crippen LogP contribution < -0.4 is 19.6 Å². The highest BCUT2D eigenvalue weighted by atomic mass is 15.2. The summed E-state index contributed by atoms with van der Waals surface area (Å²) in [5, 5.41) is 10.5. The number of hydrogen-bond acceptors (Lipinski definition) is 4. The van der Waals surface area contributed by atoms with Gasteiger partial charge in [0, 0.05) is 122 Å². The summed E-state index contributed by atoms with van der Waals surface area (Å²) in [5.74, 6) is 0. The highest BCUT2D eigenvalue weighted by Gasteiger charge is 2.46. The molecule has 0 aromatic heterocycles. The Kier molecular flexibility index (Phi) is 14.9. The maximum atomic E-state index is 2.44. The Morgan fingerprint density at radius 1 is 0.384 bits per heavy atom. The molecular formula is C80H86N6+2. The van der Waals surface area contributed by atoms with Crippen LogP contribution in [0.1, 0.15) is 90.5 Å². The van der Waals surface area contributed by atoms with E-state index in [4.69, 9.17) is 0 Å². The van der Waals surface area contributed by atoms with Gasteiger partial charge in [0.1, 0.15) is 14.1 Å². The fourth-order valence-electron chi connectivity index (χ4n) is 15.2. The van der Waals surface area contributed by atoms with Gasteiger partial charge >= 0.3 is 0 Å². The van der Waals surface area contributed by atoms with Gasteiger partial charge in [-0.2, -0.15) is 9.15 Å². The smallest absolute Gasteiger partial charge is 0.210 e. The molecule has 434 valence electrons. The van der Waals surface area contributed by atoms with Gasteiger partial charge in [0.05, 0.1) is 10.8 Å². The van der Waals surface area contributed by atoms with E-state index < -0.39 is 0 Å². The van der Waals surface area contributed by atoms with Gasteiger partial charge in [0.25, 0.3) is 0 Å². The Bertz CT molecular complexity index is 4100. The van der Waals surface area contributed by atoms with Crippen molar-refractivity contribution in [3.05, 3.63) is 252 Å². The molecule has 0 bridgehead atoms. The summed E-state index contributed by atoms with van der Waals surface area (Å²) in [4.78, 5) is 9.59. The molecule has 86 heavy (non-hydrogen) atoms. The van der Waals surface area contributed by atoms with Gasteiger partial charge in [0.2, 0.25) is 11.4 Å². The van der Waals surface area contributed by atoms with Crippen molar-refractivity contribution >= 4 is 88.6 Å². The Hall–Kier alpha value is -8.74. The largest absolute Gasteiger partial charge is 0.375 e. The lowest BCUT2D eigenvalue weighted by molar-refractivity contribution is -0.401. The molecule has 4 aliphatic heterocycles. The Morgan fingerprint density at radius 3 is 1.15 bits per heavy atom. The van der Waals surface area contributed by atoms with Crippen LogP contribution in [-0.2, 0) is 21.7 Å². The van der Waals surface area contributed by atoms with Crippen molar-refractivity contribution in [1.29, 1.82) is 0 Å². The first kappa shape index (κ1) is 57.7. The molecule has 0 saturated carbocycles. The molecule has 0 saturated heterocycles. The van der Waals surface area contributed by atoms with E-state index in [-0.39, 0.29) is 21.7 Å². The minimum atomic E-state index is -0.176. The van der Waals surface area contributed by atoms with E-state index in [1.807, 2.05) is 0 Å². The van der Waals surface area contributed by atoms with Crippen LogP contribution in [0.5, 0.6) is 0 Å². The molecule has 4 aliphatic rings. The Labute approximate surface area is 512 Å². The molecule has 6 nitrogen and oxygen atoms in total. The van der Waals surface area contributed by atoms with Crippen molar-refractivity contribution in [3.8, 4) is 0 Å². The zero-order valence-electron chi connectivity index (χ0n) is 53.3. The van der Waals surface area contributed by atoms with Gasteiger partial charge in [-0.25, -0.2) is 0 Å². The molecule has 4 heterocycles. The summed E-state index contributed by atoms with van der Waals surface area (Å²) in [6.45, 7) is 20.9. The van der Waals surface area contributed by atoms with Gasteiger partial charge in [-0.3, -0.25) is 0 Å². The van der Waals surface area contributed by atoms with Gasteiger partial charge in [-0.1, -0.05) is 161 Å². The third kappa shape index (κ3) is 9.76. The first-order valence-corrected chi connectivity index (χ1v) is 31.0. The monoisotopic (exact) mass is 1130 g/mol. The predicted octanol–water partition coefficient (Wildman–Crippen LogP) is 18.6. The minimum Gasteiger partial charge on any atom is -0.375 e. The van der Waals surface area contributed by atoms with E-state index in [2.05, 4.69) is 345 Å². The molecular weight excluding hydrogens is 1040 g/mol. The normalized spacial score (nSPS) is 18.5. The summed E-state index contributed by atoms with van der Waals surface area (Å²) in [5.41, 5.74) is 17.9. The highest BCUT2D eigenvalue weighted by molar-refractivity contribution is 6.09. The van der Waals surface area contributed by atoms with Crippen molar-refractivity contribution in [2.24, 2.45) is 0 Å². The van der Waals surface area contributed by atoms with Crippen molar-refractivity contribution < 1.29 is 9.15 Å². The number of benzene rings is 8.